The number of pyridine rings is 1. The standard InChI is InChI=1S/C20H14BrNO2/c21-17-9-7-15(8-10-17)20(23,16-5-3-11-22-13-16)19-12-14-4-1-2-6-18(14)24-19/h1-13,23H. The van der Waals surface area contributed by atoms with Gasteiger partial charge in [-0.2, -0.15) is 0 Å². The minimum atomic E-state index is -1.41. The topological polar surface area (TPSA) is 46.3 Å². The molecule has 1 atom stereocenters. The molecule has 2 aromatic carbocycles. The van der Waals surface area contributed by atoms with Gasteiger partial charge >= 0.3 is 0 Å². The van der Waals surface area contributed by atoms with Gasteiger partial charge in [0.15, 0.2) is 5.60 Å². The Morgan fingerprint density at radius 2 is 1.71 bits per heavy atom. The first-order chi connectivity index (χ1) is 11.7. The Hall–Kier alpha value is -2.43. The van der Waals surface area contributed by atoms with Gasteiger partial charge in [0.1, 0.15) is 11.3 Å². The zero-order chi connectivity index (χ0) is 16.6. The first-order valence-corrected chi connectivity index (χ1v) is 8.35. The lowest BCUT2D eigenvalue weighted by molar-refractivity contribution is 0.101. The van der Waals surface area contributed by atoms with E-state index in [9.17, 15) is 5.11 Å². The molecule has 0 spiro atoms. The molecule has 4 rings (SSSR count). The number of rotatable bonds is 3. The van der Waals surface area contributed by atoms with Crippen LogP contribution >= 0.6 is 15.9 Å². The smallest absolute Gasteiger partial charge is 0.174 e. The molecule has 4 heteroatoms. The number of benzene rings is 2. The Morgan fingerprint density at radius 1 is 0.917 bits per heavy atom. The van der Waals surface area contributed by atoms with Crippen molar-refractivity contribution in [3.8, 4) is 0 Å². The number of hydrogen-bond acceptors (Lipinski definition) is 3. The number of aromatic nitrogens is 1. The summed E-state index contributed by atoms with van der Waals surface area (Å²) < 4.78 is 6.93. The van der Waals surface area contributed by atoms with Crippen LogP contribution in [-0.2, 0) is 5.60 Å². The first kappa shape index (κ1) is 15.1. The van der Waals surface area contributed by atoms with Crippen molar-refractivity contribution in [3.05, 3.63) is 100 Å². The van der Waals surface area contributed by atoms with E-state index in [4.69, 9.17) is 4.42 Å². The van der Waals surface area contributed by atoms with Gasteiger partial charge in [-0.1, -0.05) is 52.3 Å². The molecule has 0 aliphatic carbocycles. The third-order valence-corrected chi connectivity index (χ3v) is 4.65. The number of hydrogen-bond donors (Lipinski definition) is 1. The second-order valence-corrected chi connectivity index (χ2v) is 6.52. The van der Waals surface area contributed by atoms with E-state index >= 15 is 0 Å². The van der Waals surface area contributed by atoms with Crippen molar-refractivity contribution in [1.82, 2.24) is 4.98 Å². The first-order valence-electron chi connectivity index (χ1n) is 7.56. The summed E-state index contributed by atoms with van der Waals surface area (Å²) in [6.07, 6.45) is 3.35. The van der Waals surface area contributed by atoms with Crippen LogP contribution in [0.15, 0.2) is 88.0 Å². The highest BCUT2D eigenvalue weighted by molar-refractivity contribution is 9.10. The summed E-state index contributed by atoms with van der Waals surface area (Å²) >= 11 is 3.44. The fraction of sp³-hybridized carbons (Fsp3) is 0.0500. The number of aliphatic hydroxyl groups is 1. The molecule has 0 saturated carbocycles. The molecule has 0 bridgehead atoms. The lowest BCUT2D eigenvalue weighted by atomic mass is 9.85. The van der Waals surface area contributed by atoms with Crippen LogP contribution in [0.2, 0.25) is 0 Å². The second-order valence-electron chi connectivity index (χ2n) is 5.61. The molecule has 3 nitrogen and oxygen atoms in total. The van der Waals surface area contributed by atoms with Crippen molar-refractivity contribution >= 4 is 26.9 Å². The third-order valence-electron chi connectivity index (χ3n) is 4.12. The van der Waals surface area contributed by atoms with Crippen molar-refractivity contribution in [2.45, 2.75) is 5.60 Å². The van der Waals surface area contributed by atoms with E-state index in [1.54, 1.807) is 12.4 Å². The summed E-state index contributed by atoms with van der Waals surface area (Å²) in [6, 6.07) is 20.8. The van der Waals surface area contributed by atoms with E-state index in [1.165, 1.54) is 0 Å². The molecule has 24 heavy (non-hydrogen) atoms. The van der Waals surface area contributed by atoms with Crippen LogP contribution < -0.4 is 0 Å². The van der Waals surface area contributed by atoms with Crippen LogP contribution in [0.4, 0.5) is 0 Å². The molecule has 0 aliphatic heterocycles. The summed E-state index contributed by atoms with van der Waals surface area (Å²) in [5.41, 5.74) is 0.713. The quantitative estimate of drug-likeness (QED) is 0.551. The average molecular weight is 380 g/mol. The number of para-hydroxylation sites is 1. The summed E-state index contributed by atoms with van der Waals surface area (Å²) in [5.74, 6) is 0.471. The lowest BCUT2D eigenvalue weighted by Crippen LogP contribution is -2.28. The maximum absolute atomic E-state index is 11.7. The Kier molecular flexibility index (Phi) is 3.71. The van der Waals surface area contributed by atoms with Gasteiger partial charge in [-0.25, -0.2) is 0 Å². The normalized spacial score (nSPS) is 13.8. The highest BCUT2D eigenvalue weighted by atomic mass is 79.9. The van der Waals surface area contributed by atoms with E-state index in [2.05, 4.69) is 20.9 Å². The van der Waals surface area contributed by atoms with Crippen LogP contribution in [0.25, 0.3) is 11.0 Å². The van der Waals surface area contributed by atoms with E-state index < -0.39 is 5.60 Å². The van der Waals surface area contributed by atoms with Gasteiger partial charge < -0.3 is 9.52 Å². The predicted molar refractivity (Wildman–Crippen MR) is 96.7 cm³/mol. The molecule has 2 heterocycles. The minimum absolute atomic E-state index is 0.471. The molecular formula is C20H14BrNO2. The van der Waals surface area contributed by atoms with Crippen LogP contribution in [0.5, 0.6) is 0 Å². The SMILES string of the molecule is OC(c1ccc(Br)cc1)(c1cccnc1)c1cc2ccccc2o1. The largest absolute Gasteiger partial charge is 0.457 e. The molecule has 4 aromatic rings. The number of fused-ring (bicyclic) bond motifs is 1. The molecule has 0 aliphatic rings. The van der Waals surface area contributed by atoms with E-state index in [0.29, 0.717) is 11.3 Å². The van der Waals surface area contributed by atoms with Gasteiger partial charge in [0.25, 0.3) is 0 Å². The summed E-state index contributed by atoms with van der Waals surface area (Å²) in [7, 11) is 0. The number of furan rings is 1. The molecule has 1 N–H and O–H groups in total. The zero-order valence-electron chi connectivity index (χ0n) is 12.7. The van der Waals surface area contributed by atoms with Crippen LogP contribution in [-0.4, -0.2) is 10.1 Å². The Balaban J connectivity index is 1.98. The van der Waals surface area contributed by atoms with Crippen LogP contribution in [0.3, 0.4) is 0 Å². The van der Waals surface area contributed by atoms with Gasteiger partial charge in [-0.15, -0.1) is 0 Å². The lowest BCUT2D eigenvalue weighted by Gasteiger charge is -2.27. The summed E-state index contributed by atoms with van der Waals surface area (Å²) in [4.78, 5) is 4.16. The van der Waals surface area contributed by atoms with Crippen molar-refractivity contribution < 1.29 is 9.52 Å². The van der Waals surface area contributed by atoms with Crippen molar-refractivity contribution in [1.29, 1.82) is 0 Å². The van der Waals surface area contributed by atoms with Gasteiger partial charge in [0.2, 0.25) is 0 Å². The molecular weight excluding hydrogens is 366 g/mol. The fourth-order valence-corrected chi connectivity index (χ4v) is 3.14. The molecule has 2 aromatic heterocycles. The molecule has 0 saturated heterocycles. The van der Waals surface area contributed by atoms with Gasteiger partial charge in [-0.05, 0) is 35.9 Å². The molecule has 1 unspecified atom stereocenters. The highest BCUT2D eigenvalue weighted by Crippen LogP contribution is 2.39. The monoisotopic (exact) mass is 379 g/mol. The van der Waals surface area contributed by atoms with Gasteiger partial charge in [0.05, 0.1) is 0 Å². The summed E-state index contributed by atoms with van der Waals surface area (Å²) in [5, 5.41) is 12.6. The van der Waals surface area contributed by atoms with Gasteiger partial charge in [-0.3, -0.25) is 4.98 Å². The number of halogens is 1. The van der Waals surface area contributed by atoms with Gasteiger partial charge in [0, 0.05) is 27.8 Å². The summed E-state index contributed by atoms with van der Waals surface area (Å²) in [6.45, 7) is 0. The van der Waals surface area contributed by atoms with Crippen molar-refractivity contribution in [2.24, 2.45) is 0 Å². The fourth-order valence-electron chi connectivity index (χ4n) is 2.88. The minimum Gasteiger partial charge on any atom is -0.457 e. The number of nitrogens with zero attached hydrogens (tertiary/aromatic N) is 1. The molecule has 0 radical (unpaired) electrons. The van der Waals surface area contributed by atoms with Crippen LogP contribution in [0.1, 0.15) is 16.9 Å². The highest BCUT2D eigenvalue weighted by Gasteiger charge is 2.37. The maximum Gasteiger partial charge on any atom is 0.174 e. The zero-order valence-corrected chi connectivity index (χ0v) is 14.3. The average Bonchev–Trinajstić information content (AvgIpc) is 3.07. The van der Waals surface area contributed by atoms with E-state index in [1.807, 2.05) is 66.7 Å². The Morgan fingerprint density at radius 3 is 2.42 bits per heavy atom. The van der Waals surface area contributed by atoms with Crippen molar-refractivity contribution in [3.63, 3.8) is 0 Å². The second kappa shape index (κ2) is 5.89. The molecule has 118 valence electrons. The maximum atomic E-state index is 11.7. The van der Waals surface area contributed by atoms with Crippen molar-refractivity contribution in [2.75, 3.05) is 0 Å². The Labute approximate surface area is 147 Å². The van der Waals surface area contributed by atoms with E-state index in [0.717, 1.165) is 21.0 Å². The van der Waals surface area contributed by atoms with Crippen LogP contribution in [0, 0.1) is 0 Å². The Bertz CT molecular complexity index is 946. The molecule has 0 amide bonds. The van der Waals surface area contributed by atoms with E-state index in [-0.39, 0.29) is 0 Å². The third kappa shape index (κ3) is 2.44. The predicted octanol–water partition coefficient (Wildman–Crippen LogP) is 4.87. The molecule has 0 fully saturated rings.